The highest BCUT2D eigenvalue weighted by Gasteiger charge is 2.24. The highest BCUT2D eigenvalue weighted by Crippen LogP contribution is 2.39. The number of aromatic nitrogens is 4. The Bertz CT molecular complexity index is 2340. The van der Waals surface area contributed by atoms with Gasteiger partial charge in [0.1, 0.15) is 12.7 Å². The molecular formula is C44H42F2N6O8. The maximum atomic E-state index is 12.9. The molecule has 310 valence electrons. The Morgan fingerprint density at radius 3 is 1.73 bits per heavy atom. The van der Waals surface area contributed by atoms with Crippen molar-refractivity contribution in [2.75, 3.05) is 30.1 Å². The second-order valence-electron chi connectivity index (χ2n) is 13.4. The Labute approximate surface area is 344 Å². The standard InChI is InChI=1S/C23H21F2N3O4.C21H21N3O4/c24-23(25)32-20-7-6-19(9-21(20)31-13-15-4-5-15)28(12-16-10-26-14-27-11-16)18-3-1-2-17(8-18)22(29)30;1-3-28-19-9-8-18(10-20(19)27-2)24(13-15-11-22-14-23-12-15)17-6-4-16(5-7-17)21(25)26/h1-3,6-11,14-15,23H,4-5,12-13H2,(H,29,30);4-12,14H,3,13H2,1-2H3,(H,25,26). The summed E-state index contributed by atoms with van der Waals surface area (Å²) in [5, 5.41) is 18.6. The first-order chi connectivity index (χ1) is 29.1. The summed E-state index contributed by atoms with van der Waals surface area (Å²) in [6, 6.07) is 23.5. The minimum absolute atomic E-state index is 0.0494. The number of aromatic carboxylic acids is 2. The molecule has 0 spiro atoms. The molecule has 16 heteroatoms. The van der Waals surface area contributed by atoms with Crippen molar-refractivity contribution < 1.29 is 47.5 Å². The van der Waals surface area contributed by atoms with Gasteiger partial charge in [-0.25, -0.2) is 29.5 Å². The fraction of sp³-hybridized carbons (Fsp3) is 0.227. The van der Waals surface area contributed by atoms with Crippen LogP contribution in [0.2, 0.25) is 0 Å². The van der Waals surface area contributed by atoms with Crippen LogP contribution >= 0.6 is 0 Å². The summed E-state index contributed by atoms with van der Waals surface area (Å²) in [6.07, 6.45) is 11.8. The number of benzene rings is 4. The first kappa shape index (κ1) is 42.3. The zero-order valence-corrected chi connectivity index (χ0v) is 32.7. The van der Waals surface area contributed by atoms with E-state index in [0.29, 0.717) is 55.1 Å². The number of halogens is 2. The number of rotatable bonds is 18. The molecule has 0 saturated heterocycles. The molecule has 4 aromatic carbocycles. The lowest BCUT2D eigenvalue weighted by Gasteiger charge is -2.26. The van der Waals surface area contributed by atoms with E-state index in [-0.39, 0.29) is 22.6 Å². The van der Waals surface area contributed by atoms with Gasteiger partial charge >= 0.3 is 18.6 Å². The molecule has 1 aliphatic rings. The highest BCUT2D eigenvalue weighted by atomic mass is 19.3. The third-order valence-electron chi connectivity index (χ3n) is 9.13. The molecule has 0 aliphatic heterocycles. The van der Waals surface area contributed by atoms with Crippen LogP contribution in [-0.4, -0.2) is 69.0 Å². The number of ether oxygens (including phenoxy) is 4. The summed E-state index contributed by atoms with van der Waals surface area (Å²) >= 11 is 0. The minimum atomic E-state index is -2.98. The summed E-state index contributed by atoms with van der Waals surface area (Å²) in [5.74, 6) is -0.150. The summed E-state index contributed by atoms with van der Waals surface area (Å²) < 4.78 is 47.3. The van der Waals surface area contributed by atoms with Crippen molar-refractivity contribution >= 4 is 34.7 Å². The fourth-order valence-electron chi connectivity index (χ4n) is 6.00. The van der Waals surface area contributed by atoms with Gasteiger partial charge < -0.3 is 39.0 Å². The van der Waals surface area contributed by atoms with Crippen LogP contribution in [0.1, 0.15) is 51.6 Å². The number of hydrogen-bond donors (Lipinski definition) is 2. The lowest BCUT2D eigenvalue weighted by molar-refractivity contribution is -0.0515. The molecule has 0 amide bonds. The molecular weight excluding hydrogens is 779 g/mol. The van der Waals surface area contributed by atoms with Gasteiger partial charge in [-0.15, -0.1) is 0 Å². The molecule has 1 aliphatic carbocycles. The van der Waals surface area contributed by atoms with E-state index in [1.54, 1.807) is 86.5 Å². The van der Waals surface area contributed by atoms with Gasteiger partial charge in [-0.2, -0.15) is 8.78 Å². The zero-order chi connectivity index (χ0) is 42.4. The first-order valence-electron chi connectivity index (χ1n) is 18.8. The third kappa shape index (κ3) is 11.6. The predicted molar refractivity (Wildman–Crippen MR) is 218 cm³/mol. The SMILES string of the molecule is CCOc1ccc(N(Cc2cncnc2)c2ccc(C(=O)O)cc2)cc1OC.O=C(O)c1cccc(N(Cc2cncnc2)c2ccc(OC(F)F)c(OCC3CC3)c2)c1. The van der Waals surface area contributed by atoms with Crippen molar-refractivity contribution in [2.24, 2.45) is 5.92 Å². The maximum absolute atomic E-state index is 12.9. The van der Waals surface area contributed by atoms with Gasteiger partial charge in [0.15, 0.2) is 23.0 Å². The van der Waals surface area contributed by atoms with Gasteiger partial charge in [-0.3, -0.25) is 0 Å². The summed E-state index contributed by atoms with van der Waals surface area (Å²) in [4.78, 5) is 42.7. The molecule has 14 nitrogen and oxygen atoms in total. The number of carbonyl (C=O) groups is 2. The van der Waals surface area contributed by atoms with E-state index in [1.807, 2.05) is 34.9 Å². The quantitative estimate of drug-likeness (QED) is 0.0843. The van der Waals surface area contributed by atoms with Crippen LogP contribution in [-0.2, 0) is 13.1 Å². The fourth-order valence-corrected chi connectivity index (χ4v) is 6.00. The molecule has 0 radical (unpaired) electrons. The molecule has 0 atom stereocenters. The van der Waals surface area contributed by atoms with Crippen LogP contribution in [0.3, 0.4) is 0 Å². The maximum Gasteiger partial charge on any atom is 0.387 e. The van der Waals surface area contributed by atoms with Gasteiger partial charge in [-0.05, 0) is 92.4 Å². The lowest BCUT2D eigenvalue weighted by atomic mass is 10.1. The van der Waals surface area contributed by atoms with Gasteiger partial charge in [-0.1, -0.05) is 6.07 Å². The van der Waals surface area contributed by atoms with Crippen LogP contribution in [0.25, 0.3) is 0 Å². The number of nitrogens with zero attached hydrogens (tertiary/aromatic N) is 6. The van der Waals surface area contributed by atoms with E-state index in [1.165, 1.54) is 24.8 Å². The number of hydrogen-bond acceptors (Lipinski definition) is 12. The molecule has 2 N–H and O–H groups in total. The molecule has 2 heterocycles. The number of carboxylic acids is 2. The molecule has 2 aromatic heterocycles. The molecule has 6 aromatic rings. The molecule has 1 saturated carbocycles. The van der Waals surface area contributed by atoms with Gasteiger partial charge in [0, 0.05) is 70.8 Å². The zero-order valence-electron chi connectivity index (χ0n) is 32.7. The van der Waals surface area contributed by atoms with E-state index >= 15 is 0 Å². The second-order valence-corrected chi connectivity index (χ2v) is 13.4. The third-order valence-corrected chi connectivity index (χ3v) is 9.13. The van der Waals surface area contributed by atoms with Gasteiger partial charge in [0.25, 0.3) is 0 Å². The van der Waals surface area contributed by atoms with Gasteiger partial charge in [0.05, 0.1) is 44.5 Å². The van der Waals surface area contributed by atoms with E-state index in [2.05, 4.69) is 24.7 Å². The summed E-state index contributed by atoms with van der Waals surface area (Å²) in [5.41, 5.74) is 4.97. The average molecular weight is 821 g/mol. The monoisotopic (exact) mass is 820 g/mol. The van der Waals surface area contributed by atoms with E-state index in [9.17, 15) is 23.5 Å². The normalized spacial score (nSPS) is 11.8. The number of anilines is 4. The minimum Gasteiger partial charge on any atom is -0.493 e. The number of alkyl halides is 2. The predicted octanol–water partition coefficient (Wildman–Crippen LogP) is 8.82. The second kappa shape index (κ2) is 20.4. The lowest BCUT2D eigenvalue weighted by Crippen LogP contribution is -2.18. The molecule has 0 bridgehead atoms. The van der Waals surface area contributed by atoms with Crippen molar-refractivity contribution in [3.05, 3.63) is 145 Å². The molecule has 7 rings (SSSR count). The molecule has 60 heavy (non-hydrogen) atoms. The van der Waals surface area contributed by atoms with E-state index in [4.69, 9.17) is 19.3 Å². The van der Waals surface area contributed by atoms with E-state index in [0.717, 1.165) is 35.3 Å². The van der Waals surface area contributed by atoms with Crippen LogP contribution in [0, 0.1) is 5.92 Å². The van der Waals surface area contributed by atoms with Crippen LogP contribution in [0.5, 0.6) is 23.0 Å². The van der Waals surface area contributed by atoms with Crippen LogP contribution < -0.4 is 28.7 Å². The molecule has 0 unspecified atom stereocenters. The van der Waals surface area contributed by atoms with Crippen molar-refractivity contribution in [2.45, 2.75) is 39.5 Å². The Hall–Kier alpha value is -7.36. The largest absolute Gasteiger partial charge is 0.493 e. The Balaban J connectivity index is 0.000000203. The van der Waals surface area contributed by atoms with Crippen molar-refractivity contribution in [1.82, 2.24) is 19.9 Å². The number of carboxylic acid groups (broad SMARTS) is 2. The van der Waals surface area contributed by atoms with Crippen LogP contribution in [0.15, 0.2) is 122 Å². The highest BCUT2D eigenvalue weighted by molar-refractivity contribution is 5.89. The Morgan fingerprint density at radius 1 is 0.667 bits per heavy atom. The topological polar surface area (TPSA) is 170 Å². The number of methoxy groups -OCH3 is 1. The smallest absolute Gasteiger partial charge is 0.387 e. The Morgan fingerprint density at radius 2 is 1.20 bits per heavy atom. The first-order valence-corrected chi connectivity index (χ1v) is 18.8. The summed E-state index contributed by atoms with van der Waals surface area (Å²) in [6.45, 7) is 0.723. The van der Waals surface area contributed by atoms with Crippen molar-refractivity contribution in [1.29, 1.82) is 0 Å². The van der Waals surface area contributed by atoms with Crippen molar-refractivity contribution in [3.8, 4) is 23.0 Å². The van der Waals surface area contributed by atoms with Gasteiger partial charge in [0.2, 0.25) is 0 Å². The van der Waals surface area contributed by atoms with E-state index < -0.39 is 18.6 Å². The van der Waals surface area contributed by atoms with Crippen molar-refractivity contribution in [3.63, 3.8) is 0 Å². The van der Waals surface area contributed by atoms with Crippen LogP contribution in [0.4, 0.5) is 31.5 Å². The summed E-state index contributed by atoms with van der Waals surface area (Å²) in [7, 11) is 1.60. The Kier molecular flexibility index (Phi) is 14.3. The average Bonchev–Trinajstić information content (AvgIpc) is 4.10. The molecule has 1 fully saturated rings.